The standard InChI is InChI=1S/C15H14O2/c1-2-15(11-5-3-7-13(16)9-11)12-6-4-8-14(17)10-12/h3-10,15-17H,1H3. The van der Waals surface area contributed by atoms with Crippen molar-refractivity contribution >= 4 is 0 Å². The van der Waals surface area contributed by atoms with Crippen LogP contribution in [0.25, 0.3) is 0 Å². The minimum absolute atomic E-state index is 0.0470. The fourth-order valence-corrected chi connectivity index (χ4v) is 1.93. The molecule has 2 aromatic carbocycles. The number of aromatic hydroxyl groups is 2. The van der Waals surface area contributed by atoms with Gasteiger partial charge in [0.1, 0.15) is 11.5 Å². The van der Waals surface area contributed by atoms with Gasteiger partial charge in [-0.25, -0.2) is 0 Å². The number of benzene rings is 2. The van der Waals surface area contributed by atoms with Gasteiger partial charge in [0.25, 0.3) is 0 Å². The van der Waals surface area contributed by atoms with E-state index in [1.165, 1.54) is 0 Å². The Morgan fingerprint density at radius 2 is 1.35 bits per heavy atom. The molecule has 0 aliphatic rings. The zero-order valence-electron chi connectivity index (χ0n) is 9.59. The zero-order valence-corrected chi connectivity index (χ0v) is 9.59. The van der Waals surface area contributed by atoms with E-state index in [1.807, 2.05) is 19.1 Å². The molecule has 0 aliphatic carbocycles. The van der Waals surface area contributed by atoms with Crippen LogP contribution in [0.15, 0.2) is 48.5 Å². The second-order valence-electron chi connectivity index (χ2n) is 3.91. The first-order valence-corrected chi connectivity index (χ1v) is 5.46. The summed E-state index contributed by atoms with van der Waals surface area (Å²) in [5.41, 5.74) is 1.91. The molecule has 2 nitrogen and oxygen atoms in total. The van der Waals surface area contributed by atoms with Crippen molar-refractivity contribution in [1.29, 1.82) is 0 Å². The van der Waals surface area contributed by atoms with Crippen LogP contribution in [0.3, 0.4) is 0 Å². The molecule has 2 aromatic rings. The number of phenolic OH excluding ortho intramolecular Hbond substituents is 2. The van der Waals surface area contributed by atoms with Gasteiger partial charge in [0.15, 0.2) is 0 Å². The largest absolute Gasteiger partial charge is 0.508 e. The van der Waals surface area contributed by atoms with Gasteiger partial charge >= 0.3 is 0 Å². The summed E-state index contributed by atoms with van der Waals surface area (Å²) < 4.78 is 0. The van der Waals surface area contributed by atoms with E-state index in [-0.39, 0.29) is 17.4 Å². The van der Waals surface area contributed by atoms with Crippen LogP contribution < -0.4 is 0 Å². The highest BCUT2D eigenvalue weighted by Crippen LogP contribution is 2.30. The molecule has 0 amide bonds. The Labute approximate surface area is 101 Å². The van der Waals surface area contributed by atoms with Gasteiger partial charge in [0, 0.05) is 5.92 Å². The lowest BCUT2D eigenvalue weighted by Gasteiger charge is -2.15. The summed E-state index contributed by atoms with van der Waals surface area (Å²) in [5, 5.41) is 19.0. The van der Waals surface area contributed by atoms with Gasteiger partial charge in [-0.3, -0.25) is 0 Å². The molecule has 0 atom stereocenters. The Bertz CT molecular complexity index is 460. The normalized spacial score (nSPS) is 10.7. The van der Waals surface area contributed by atoms with Crippen LogP contribution in [0.2, 0.25) is 0 Å². The molecule has 0 fully saturated rings. The first-order chi connectivity index (χ1) is 8.20. The van der Waals surface area contributed by atoms with Crippen LogP contribution in [0.5, 0.6) is 11.5 Å². The van der Waals surface area contributed by atoms with Crippen molar-refractivity contribution in [1.82, 2.24) is 0 Å². The fourth-order valence-electron chi connectivity index (χ4n) is 1.93. The Hall–Kier alpha value is -1.96. The molecule has 2 rings (SSSR count). The molecule has 0 unspecified atom stereocenters. The molecule has 0 aromatic heterocycles. The van der Waals surface area contributed by atoms with Gasteiger partial charge in [0.05, 0.1) is 0 Å². The molecule has 0 bridgehead atoms. The molecule has 0 aliphatic heterocycles. The van der Waals surface area contributed by atoms with E-state index in [4.69, 9.17) is 0 Å². The predicted molar refractivity (Wildman–Crippen MR) is 67.0 cm³/mol. The summed E-state index contributed by atoms with van der Waals surface area (Å²) in [7, 11) is 0. The second kappa shape index (κ2) is 4.91. The highest BCUT2D eigenvalue weighted by molar-refractivity contribution is 5.41. The summed E-state index contributed by atoms with van der Waals surface area (Å²) in [6.45, 7) is 1.85. The zero-order chi connectivity index (χ0) is 12.3. The Morgan fingerprint density at radius 3 is 1.71 bits per heavy atom. The van der Waals surface area contributed by atoms with Gasteiger partial charge in [-0.05, 0) is 41.8 Å². The number of rotatable bonds is 3. The lowest BCUT2D eigenvalue weighted by molar-refractivity contribution is 0.474. The lowest BCUT2D eigenvalue weighted by Crippen LogP contribution is -1.99. The second-order valence-corrected chi connectivity index (χ2v) is 3.91. The van der Waals surface area contributed by atoms with Gasteiger partial charge in [-0.2, -0.15) is 0 Å². The van der Waals surface area contributed by atoms with Crippen molar-refractivity contribution in [2.75, 3.05) is 0 Å². The first-order valence-electron chi connectivity index (χ1n) is 5.46. The van der Waals surface area contributed by atoms with E-state index in [0.717, 1.165) is 11.1 Å². The lowest BCUT2D eigenvalue weighted by atomic mass is 9.89. The molecule has 0 heterocycles. The van der Waals surface area contributed by atoms with Crippen LogP contribution in [0.1, 0.15) is 24.0 Å². The molecule has 2 radical (unpaired) electrons. The minimum Gasteiger partial charge on any atom is -0.508 e. The Kier molecular flexibility index (Phi) is 3.33. The van der Waals surface area contributed by atoms with Crippen LogP contribution in [0.4, 0.5) is 0 Å². The van der Waals surface area contributed by atoms with Crippen LogP contribution in [-0.2, 0) is 0 Å². The molecule has 2 N–H and O–H groups in total. The van der Waals surface area contributed by atoms with Crippen molar-refractivity contribution in [2.45, 2.75) is 12.8 Å². The molecule has 2 heteroatoms. The van der Waals surface area contributed by atoms with E-state index in [2.05, 4.69) is 6.42 Å². The fraction of sp³-hybridized carbons (Fsp3) is 0.133. The highest BCUT2D eigenvalue weighted by Gasteiger charge is 2.13. The third-order valence-electron chi connectivity index (χ3n) is 2.70. The SMILES string of the molecule is C[C]C(c1cccc(O)c1)c1cccc(O)c1. The Morgan fingerprint density at radius 1 is 0.882 bits per heavy atom. The monoisotopic (exact) mass is 226 g/mol. The maximum absolute atomic E-state index is 9.48. The average molecular weight is 226 g/mol. The van der Waals surface area contributed by atoms with Crippen molar-refractivity contribution in [3.63, 3.8) is 0 Å². The van der Waals surface area contributed by atoms with Gasteiger partial charge in [-0.1, -0.05) is 31.2 Å². The molecule has 0 spiro atoms. The average Bonchev–Trinajstić information content (AvgIpc) is 2.30. The van der Waals surface area contributed by atoms with E-state index >= 15 is 0 Å². The van der Waals surface area contributed by atoms with Gasteiger partial charge in [-0.15, -0.1) is 0 Å². The van der Waals surface area contributed by atoms with Crippen molar-refractivity contribution in [3.05, 3.63) is 66.1 Å². The first kappa shape index (κ1) is 11.5. The molecule has 0 saturated heterocycles. The Balaban J connectivity index is 2.40. The van der Waals surface area contributed by atoms with E-state index < -0.39 is 0 Å². The summed E-state index contributed by atoms with van der Waals surface area (Å²) >= 11 is 0. The summed E-state index contributed by atoms with van der Waals surface area (Å²) in [5.74, 6) is 0.431. The summed E-state index contributed by atoms with van der Waals surface area (Å²) in [6, 6.07) is 14.2. The minimum atomic E-state index is -0.0470. The maximum atomic E-state index is 9.48. The van der Waals surface area contributed by atoms with Crippen molar-refractivity contribution in [2.24, 2.45) is 0 Å². The molecular weight excluding hydrogens is 212 g/mol. The summed E-state index contributed by atoms with van der Waals surface area (Å²) in [6.07, 6.45) is 3.17. The van der Waals surface area contributed by atoms with E-state index in [0.29, 0.717) is 0 Å². The third-order valence-corrected chi connectivity index (χ3v) is 2.70. The smallest absolute Gasteiger partial charge is 0.115 e. The molecule has 0 saturated carbocycles. The summed E-state index contributed by atoms with van der Waals surface area (Å²) in [4.78, 5) is 0. The number of phenols is 2. The van der Waals surface area contributed by atoms with E-state index in [1.54, 1.807) is 36.4 Å². The van der Waals surface area contributed by atoms with E-state index in [9.17, 15) is 10.2 Å². The van der Waals surface area contributed by atoms with Gasteiger partial charge < -0.3 is 10.2 Å². The maximum Gasteiger partial charge on any atom is 0.115 e. The van der Waals surface area contributed by atoms with Crippen LogP contribution in [0, 0.1) is 6.42 Å². The van der Waals surface area contributed by atoms with Crippen LogP contribution in [-0.4, -0.2) is 10.2 Å². The quantitative estimate of drug-likeness (QED) is 0.842. The number of hydrogen-bond acceptors (Lipinski definition) is 2. The number of hydrogen-bond donors (Lipinski definition) is 2. The van der Waals surface area contributed by atoms with Crippen LogP contribution >= 0.6 is 0 Å². The molecule has 17 heavy (non-hydrogen) atoms. The van der Waals surface area contributed by atoms with Crippen molar-refractivity contribution in [3.8, 4) is 11.5 Å². The topological polar surface area (TPSA) is 40.5 Å². The van der Waals surface area contributed by atoms with Gasteiger partial charge in [0.2, 0.25) is 0 Å². The third kappa shape index (κ3) is 2.59. The molecular formula is C15H14O2. The highest BCUT2D eigenvalue weighted by atomic mass is 16.3. The van der Waals surface area contributed by atoms with Crippen molar-refractivity contribution < 1.29 is 10.2 Å². The predicted octanol–water partition coefficient (Wildman–Crippen LogP) is 3.33. The molecule has 86 valence electrons.